The van der Waals surface area contributed by atoms with Crippen molar-refractivity contribution in [3.8, 4) is 11.8 Å². The number of nitrogens with two attached hydrogens (primary N) is 1. The Balaban J connectivity index is 1.88. The molecule has 0 unspecified atom stereocenters. The standard InChI is InChI=1S/C17H22BrN3O2/c1-11(12-4-7-15(23-3)14(18)8-12)20-9-16(22)21-17(2,10-19)13-5-6-13/h4,7-8,11,13,20H,5-6,9H2,1-3H3,(H,21,22)/p+1/t11-,17-/m0/s1. The third kappa shape index (κ3) is 4.46. The van der Waals surface area contributed by atoms with E-state index in [1.54, 1.807) is 7.11 Å². The highest BCUT2D eigenvalue weighted by atomic mass is 79.9. The minimum atomic E-state index is -0.725. The lowest BCUT2D eigenvalue weighted by molar-refractivity contribution is -0.682. The molecule has 1 aliphatic carbocycles. The number of halogens is 1. The molecule has 5 nitrogen and oxygen atoms in total. The third-order valence-corrected chi connectivity index (χ3v) is 5.00. The number of carbonyl (C=O) groups is 1. The van der Waals surface area contributed by atoms with Gasteiger partial charge in [-0.25, -0.2) is 0 Å². The fourth-order valence-electron chi connectivity index (χ4n) is 2.61. The van der Waals surface area contributed by atoms with Crippen LogP contribution >= 0.6 is 15.9 Å². The quantitative estimate of drug-likeness (QED) is 0.757. The van der Waals surface area contributed by atoms with Crippen LogP contribution in [0.25, 0.3) is 0 Å². The van der Waals surface area contributed by atoms with E-state index in [2.05, 4.69) is 27.3 Å². The summed E-state index contributed by atoms with van der Waals surface area (Å²) in [6, 6.07) is 8.28. The maximum atomic E-state index is 12.1. The number of nitrogens with zero attached hydrogens (tertiary/aromatic N) is 1. The number of benzene rings is 1. The number of hydrogen-bond acceptors (Lipinski definition) is 3. The molecule has 1 fully saturated rings. The normalized spacial score (nSPS) is 17.7. The average molecular weight is 381 g/mol. The van der Waals surface area contributed by atoms with Crippen LogP contribution in [0.2, 0.25) is 0 Å². The first-order chi connectivity index (χ1) is 10.9. The zero-order chi connectivity index (χ0) is 17.0. The van der Waals surface area contributed by atoms with E-state index < -0.39 is 5.54 Å². The largest absolute Gasteiger partial charge is 0.496 e. The van der Waals surface area contributed by atoms with Crippen LogP contribution in [0.4, 0.5) is 0 Å². The summed E-state index contributed by atoms with van der Waals surface area (Å²) in [5.41, 5.74) is 0.382. The van der Waals surface area contributed by atoms with Crippen molar-refractivity contribution < 1.29 is 14.8 Å². The van der Waals surface area contributed by atoms with Crippen molar-refractivity contribution in [1.82, 2.24) is 5.32 Å². The van der Waals surface area contributed by atoms with Crippen molar-refractivity contribution in [3.63, 3.8) is 0 Å². The first-order valence-corrected chi connectivity index (χ1v) is 8.58. The molecule has 0 aromatic heterocycles. The fraction of sp³-hybridized carbons (Fsp3) is 0.529. The van der Waals surface area contributed by atoms with Crippen molar-refractivity contribution in [2.24, 2.45) is 5.92 Å². The molecule has 2 rings (SSSR count). The Kier molecular flexibility index (Phi) is 5.66. The van der Waals surface area contributed by atoms with Gasteiger partial charge in [0, 0.05) is 5.56 Å². The van der Waals surface area contributed by atoms with E-state index in [1.807, 2.05) is 37.4 Å². The van der Waals surface area contributed by atoms with Crippen LogP contribution in [0.15, 0.2) is 22.7 Å². The van der Waals surface area contributed by atoms with E-state index in [0.717, 1.165) is 28.6 Å². The first kappa shape index (κ1) is 17.8. The van der Waals surface area contributed by atoms with Crippen molar-refractivity contribution >= 4 is 21.8 Å². The summed E-state index contributed by atoms with van der Waals surface area (Å²) in [5, 5.41) is 14.1. The molecule has 0 aliphatic heterocycles. The van der Waals surface area contributed by atoms with E-state index in [9.17, 15) is 10.1 Å². The number of nitrogens with one attached hydrogen (secondary N) is 1. The van der Waals surface area contributed by atoms with Crippen LogP contribution in [0.3, 0.4) is 0 Å². The summed E-state index contributed by atoms with van der Waals surface area (Å²) in [5.74, 6) is 0.986. The maximum absolute atomic E-state index is 12.1. The number of quaternary nitrogens is 1. The van der Waals surface area contributed by atoms with Gasteiger partial charge in [-0.2, -0.15) is 5.26 Å². The first-order valence-electron chi connectivity index (χ1n) is 7.78. The smallest absolute Gasteiger partial charge is 0.276 e. The molecular weight excluding hydrogens is 358 g/mol. The van der Waals surface area contributed by atoms with Crippen LogP contribution in [0, 0.1) is 17.2 Å². The Hall–Kier alpha value is -1.58. The minimum absolute atomic E-state index is 0.0969. The number of ether oxygens (including phenoxy) is 1. The summed E-state index contributed by atoms with van der Waals surface area (Å²) in [6.07, 6.45) is 2.04. The molecular formula is C17H23BrN3O2+. The Bertz CT molecular complexity index is 625. The Morgan fingerprint density at radius 2 is 2.30 bits per heavy atom. The molecule has 2 atom stereocenters. The second-order valence-corrected chi connectivity index (χ2v) is 7.11. The molecule has 1 aromatic rings. The van der Waals surface area contributed by atoms with Gasteiger partial charge in [0.2, 0.25) is 0 Å². The fourth-order valence-corrected chi connectivity index (χ4v) is 3.17. The lowest BCUT2D eigenvalue weighted by Crippen LogP contribution is -2.87. The van der Waals surface area contributed by atoms with Gasteiger partial charge in [0.05, 0.1) is 17.7 Å². The average Bonchev–Trinajstić information content (AvgIpc) is 3.37. The van der Waals surface area contributed by atoms with E-state index in [4.69, 9.17) is 4.74 Å². The lowest BCUT2D eigenvalue weighted by Gasteiger charge is -2.22. The predicted molar refractivity (Wildman–Crippen MR) is 90.8 cm³/mol. The van der Waals surface area contributed by atoms with Gasteiger partial charge >= 0.3 is 0 Å². The van der Waals surface area contributed by atoms with Crippen LogP contribution in [0.1, 0.15) is 38.3 Å². The highest BCUT2D eigenvalue weighted by molar-refractivity contribution is 9.10. The van der Waals surface area contributed by atoms with E-state index in [-0.39, 0.29) is 11.9 Å². The van der Waals surface area contributed by atoms with Gasteiger partial charge in [-0.15, -0.1) is 0 Å². The summed E-state index contributed by atoms with van der Waals surface area (Å²) in [6.45, 7) is 4.16. The van der Waals surface area contributed by atoms with Gasteiger partial charge in [0.1, 0.15) is 17.3 Å². The number of methoxy groups -OCH3 is 1. The Labute approximate surface area is 145 Å². The molecule has 6 heteroatoms. The van der Waals surface area contributed by atoms with Crippen LogP contribution in [0.5, 0.6) is 5.75 Å². The molecule has 1 aromatic carbocycles. The third-order valence-electron chi connectivity index (χ3n) is 4.38. The molecule has 0 radical (unpaired) electrons. The zero-order valence-corrected chi connectivity index (χ0v) is 15.3. The monoisotopic (exact) mass is 380 g/mol. The van der Waals surface area contributed by atoms with Crippen LogP contribution < -0.4 is 15.4 Å². The molecule has 1 amide bonds. The van der Waals surface area contributed by atoms with Gasteiger partial charge in [-0.3, -0.25) is 4.79 Å². The maximum Gasteiger partial charge on any atom is 0.276 e. The van der Waals surface area contributed by atoms with Crippen LogP contribution in [-0.2, 0) is 4.79 Å². The van der Waals surface area contributed by atoms with Gasteiger partial charge in [-0.1, -0.05) is 0 Å². The number of amides is 1. The van der Waals surface area contributed by atoms with E-state index >= 15 is 0 Å². The molecule has 0 saturated heterocycles. The second kappa shape index (κ2) is 7.33. The number of carbonyl (C=O) groups excluding carboxylic acids is 1. The summed E-state index contributed by atoms with van der Waals surface area (Å²) in [7, 11) is 1.63. The molecule has 0 heterocycles. The van der Waals surface area contributed by atoms with Crippen LogP contribution in [-0.4, -0.2) is 25.1 Å². The number of nitriles is 1. The molecule has 1 saturated carbocycles. The number of rotatable bonds is 7. The zero-order valence-electron chi connectivity index (χ0n) is 13.7. The molecule has 124 valence electrons. The molecule has 23 heavy (non-hydrogen) atoms. The summed E-state index contributed by atoms with van der Waals surface area (Å²) < 4.78 is 6.12. The minimum Gasteiger partial charge on any atom is -0.496 e. The number of hydrogen-bond donors (Lipinski definition) is 2. The van der Waals surface area contributed by atoms with Crippen molar-refractivity contribution in [2.45, 2.75) is 38.3 Å². The van der Waals surface area contributed by atoms with Crippen molar-refractivity contribution in [2.75, 3.05) is 13.7 Å². The van der Waals surface area contributed by atoms with Gasteiger partial charge < -0.3 is 15.4 Å². The second-order valence-electron chi connectivity index (χ2n) is 6.26. The van der Waals surface area contributed by atoms with Gasteiger partial charge in [-0.05, 0) is 66.7 Å². The van der Waals surface area contributed by atoms with E-state index in [1.165, 1.54) is 0 Å². The van der Waals surface area contributed by atoms with Crippen molar-refractivity contribution in [1.29, 1.82) is 5.26 Å². The lowest BCUT2D eigenvalue weighted by atomic mass is 9.98. The predicted octanol–water partition coefficient (Wildman–Crippen LogP) is 1.89. The molecule has 0 spiro atoms. The SMILES string of the molecule is COc1ccc([C@H](C)[NH2+]CC(=O)N[C@@](C)(C#N)C2CC2)cc1Br. The van der Waals surface area contributed by atoms with Crippen molar-refractivity contribution in [3.05, 3.63) is 28.2 Å². The summed E-state index contributed by atoms with van der Waals surface area (Å²) >= 11 is 3.47. The molecule has 1 aliphatic rings. The highest BCUT2D eigenvalue weighted by Crippen LogP contribution is 2.39. The Morgan fingerprint density at radius 3 is 2.83 bits per heavy atom. The molecule has 3 N–H and O–H groups in total. The van der Waals surface area contributed by atoms with E-state index in [0.29, 0.717) is 12.5 Å². The van der Waals surface area contributed by atoms with Gasteiger partial charge in [0.25, 0.3) is 5.91 Å². The van der Waals surface area contributed by atoms with Gasteiger partial charge in [0.15, 0.2) is 6.54 Å². The highest BCUT2D eigenvalue weighted by Gasteiger charge is 2.43. The topological polar surface area (TPSA) is 78.7 Å². The summed E-state index contributed by atoms with van der Waals surface area (Å²) in [4.78, 5) is 12.1. The Morgan fingerprint density at radius 1 is 1.61 bits per heavy atom. The molecule has 0 bridgehead atoms.